The van der Waals surface area contributed by atoms with Crippen LogP contribution in [0.25, 0.3) is 16.8 Å². The minimum Gasteiger partial charge on any atom is -0.359 e. The van der Waals surface area contributed by atoms with Crippen molar-refractivity contribution in [1.82, 2.24) is 19.8 Å². The standard InChI is InChI=1S/C27H30FN5/c1-18-23-13-21(20-6-8-22(9-7-20)31-12-4-10-29-16-31)14-25(28)24(23)15-33(18)19(2)27-26-5-3-11-32(26)17-30-27/h6-9,13-14,17,19,29H,1,3-5,10-12,15-16H2,2H3. The minimum atomic E-state index is -0.155. The van der Waals surface area contributed by atoms with Gasteiger partial charge in [-0.05, 0) is 68.1 Å². The summed E-state index contributed by atoms with van der Waals surface area (Å²) in [5.41, 5.74) is 8.07. The number of imidazole rings is 1. The molecule has 1 unspecified atom stereocenters. The second-order valence-electron chi connectivity index (χ2n) is 9.43. The molecule has 2 aromatic carbocycles. The van der Waals surface area contributed by atoms with Gasteiger partial charge >= 0.3 is 0 Å². The molecule has 0 bridgehead atoms. The molecule has 6 heteroatoms. The summed E-state index contributed by atoms with van der Waals surface area (Å²) in [6.07, 6.45) is 5.33. The average Bonchev–Trinajstić information content (AvgIpc) is 3.55. The molecule has 1 aromatic heterocycles. The summed E-state index contributed by atoms with van der Waals surface area (Å²) in [5, 5.41) is 3.41. The van der Waals surface area contributed by atoms with Crippen LogP contribution >= 0.6 is 0 Å². The van der Waals surface area contributed by atoms with Gasteiger partial charge in [0.25, 0.3) is 0 Å². The predicted octanol–water partition coefficient (Wildman–Crippen LogP) is 4.94. The van der Waals surface area contributed by atoms with Crippen molar-refractivity contribution in [1.29, 1.82) is 0 Å². The van der Waals surface area contributed by atoms with E-state index in [2.05, 4.69) is 63.5 Å². The van der Waals surface area contributed by atoms with Gasteiger partial charge in [-0.1, -0.05) is 18.7 Å². The van der Waals surface area contributed by atoms with Crippen molar-refractivity contribution in [3.63, 3.8) is 0 Å². The first-order chi connectivity index (χ1) is 16.1. The van der Waals surface area contributed by atoms with Crippen LogP contribution in [0.2, 0.25) is 0 Å². The fraction of sp³-hybridized carbons (Fsp3) is 0.370. The van der Waals surface area contributed by atoms with E-state index in [9.17, 15) is 0 Å². The predicted molar refractivity (Wildman–Crippen MR) is 130 cm³/mol. The molecule has 170 valence electrons. The second kappa shape index (κ2) is 8.03. The van der Waals surface area contributed by atoms with Gasteiger partial charge in [0.15, 0.2) is 0 Å². The average molecular weight is 444 g/mol. The lowest BCUT2D eigenvalue weighted by molar-refractivity contribution is 0.315. The van der Waals surface area contributed by atoms with E-state index in [1.807, 2.05) is 6.33 Å². The van der Waals surface area contributed by atoms with E-state index in [-0.39, 0.29) is 11.9 Å². The molecule has 1 saturated heterocycles. The highest BCUT2D eigenvalue weighted by molar-refractivity contribution is 5.76. The molecule has 6 rings (SSSR count). The molecule has 33 heavy (non-hydrogen) atoms. The van der Waals surface area contributed by atoms with Crippen LogP contribution in [0.3, 0.4) is 0 Å². The van der Waals surface area contributed by atoms with Gasteiger partial charge in [-0.3, -0.25) is 5.32 Å². The highest BCUT2D eigenvalue weighted by Gasteiger charge is 2.32. The van der Waals surface area contributed by atoms with Crippen molar-refractivity contribution in [2.24, 2.45) is 0 Å². The topological polar surface area (TPSA) is 36.3 Å². The fourth-order valence-electron chi connectivity index (χ4n) is 5.59. The van der Waals surface area contributed by atoms with Gasteiger partial charge in [-0.15, -0.1) is 0 Å². The van der Waals surface area contributed by atoms with Gasteiger partial charge in [0.2, 0.25) is 0 Å². The number of rotatable bonds is 4. The summed E-state index contributed by atoms with van der Waals surface area (Å²) < 4.78 is 17.5. The summed E-state index contributed by atoms with van der Waals surface area (Å²) >= 11 is 0. The number of fused-ring (bicyclic) bond motifs is 2. The van der Waals surface area contributed by atoms with E-state index in [4.69, 9.17) is 4.98 Å². The highest BCUT2D eigenvalue weighted by Crippen LogP contribution is 2.42. The number of hydrogen-bond donors (Lipinski definition) is 1. The maximum atomic E-state index is 15.3. The number of anilines is 1. The number of benzene rings is 2. The third-order valence-electron chi connectivity index (χ3n) is 7.49. The number of hydrogen-bond acceptors (Lipinski definition) is 4. The molecule has 1 atom stereocenters. The Morgan fingerprint density at radius 3 is 2.73 bits per heavy atom. The van der Waals surface area contributed by atoms with Crippen molar-refractivity contribution in [2.45, 2.75) is 45.3 Å². The SMILES string of the molecule is C=C1c2cc(-c3ccc(N4CCCNC4)cc3)cc(F)c2CN1C(C)c1ncn2c1CCC2. The number of nitrogens with zero attached hydrogens (tertiary/aromatic N) is 4. The molecular formula is C27H30FN5. The molecule has 0 spiro atoms. The van der Waals surface area contributed by atoms with E-state index >= 15 is 4.39 Å². The normalized spacial score (nSPS) is 18.5. The fourth-order valence-corrected chi connectivity index (χ4v) is 5.59. The number of nitrogens with one attached hydrogen (secondary N) is 1. The molecule has 1 fully saturated rings. The summed E-state index contributed by atoms with van der Waals surface area (Å²) in [7, 11) is 0. The minimum absolute atomic E-state index is 0.0690. The molecule has 0 amide bonds. The maximum absolute atomic E-state index is 15.3. The van der Waals surface area contributed by atoms with Crippen LogP contribution < -0.4 is 10.2 Å². The molecule has 3 aromatic rings. The van der Waals surface area contributed by atoms with E-state index in [0.29, 0.717) is 6.54 Å². The molecule has 1 N–H and O–H groups in total. The van der Waals surface area contributed by atoms with Crippen LogP contribution in [-0.2, 0) is 19.5 Å². The van der Waals surface area contributed by atoms with Crippen LogP contribution in [0.5, 0.6) is 0 Å². The van der Waals surface area contributed by atoms with Crippen LogP contribution in [0.4, 0.5) is 10.1 Å². The van der Waals surface area contributed by atoms with Gasteiger partial charge in [0.05, 0.1) is 24.7 Å². The van der Waals surface area contributed by atoms with E-state index in [1.54, 1.807) is 6.07 Å². The number of aryl methyl sites for hydroxylation is 1. The first-order valence-corrected chi connectivity index (χ1v) is 12.0. The first kappa shape index (κ1) is 20.5. The van der Waals surface area contributed by atoms with Crippen molar-refractivity contribution in [2.75, 3.05) is 24.7 Å². The van der Waals surface area contributed by atoms with E-state index in [1.165, 1.54) is 17.8 Å². The Kier molecular flexibility index (Phi) is 4.98. The third kappa shape index (κ3) is 3.44. The van der Waals surface area contributed by atoms with Gasteiger partial charge in [0.1, 0.15) is 5.82 Å². The van der Waals surface area contributed by atoms with E-state index < -0.39 is 0 Å². The first-order valence-electron chi connectivity index (χ1n) is 12.0. The lowest BCUT2D eigenvalue weighted by atomic mass is 9.99. The molecule has 0 radical (unpaired) electrons. The summed E-state index contributed by atoms with van der Waals surface area (Å²) in [4.78, 5) is 9.23. The Morgan fingerprint density at radius 2 is 1.94 bits per heavy atom. The lowest BCUT2D eigenvalue weighted by Gasteiger charge is -2.29. The van der Waals surface area contributed by atoms with Gasteiger partial charge in [-0.2, -0.15) is 0 Å². The lowest BCUT2D eigenvalue weighted by Crippen LogP contribution is -2.41. The van der Waals surface area contributed by atoms with Crippen LogP contribution in [-0.4, -0.2) is 34.2 Å². The third-order valence-corrected chi connectivity index (χ3v) is 7.49. The summed E-state index contributed by atoms with van der Waals surface area (Å²) in [6.45, 7) is 11.1. The Hall–Kier alpha value is -3.12. The molecule has 0 saturated carbocycles. The Balaban J connectivity index is 1.27. The van der Waals surface area contributed by atoms with Gasteiger partial charge < -0.3 is 14.4 Å². The van der Waals surface area contributed by atoms with E-state index in [0.717, 1.165) is 72.8 Å². The zero-order chi connectivity index (χ0) is 22.5. The second-order valence-corrected chi connectivity index (χ2v) is 9.43. The number of aromatic nitrogens is 2. The molecule has 5 nitrogen and oxygen atoms in total. The Morgan fingerprint density at radius 1 is 1.09 bits per heavy atom. The molecule has 3 aliphatic heterocycles. The zero-order valence-corrected chi connectivity index (χ0v) is 19.1. The zero-order valence-electron chi connectivity index (χ0n) is 19.1. The van der Waals surface area contributed by atoms with Crippen LogP contribution in [0.1, 0.15) is 48.3 Å². The van der Waals surface area contributed by atoms with Gasteiger partial charge in [-0.25, -0.2) is 9.37 Å². The molecular weight excluding hydrogens is 413 g/mol. The quantitative estimate of drug-likeness (QED) is 0.620. The van der Waals surface area contributed by atoms with Crippen molar-refractivity contribution in [3.8, 4) is 11.1 Å². The molecule has 4 heterocycles. The maximum Gasteiger partial charge on any atom is 0.129 e. The summed E-state index contributed by atoms with van der Waals surface area (Å²) in [6, 6.07) is 12.3. The van der Waals surface area contributed by atoms with Crippen LogP contribution in [0.15, 0.2) is 49.3 Å². The van der Waals surface area contributed by atoms with Crippen molar-refractivity contribution >= 4 is 11.4 Å². The summed E-state index contributed by atoms with van der Waals surface area (Å²) in [5.74, 6) is -0.155. The van der Waals surface area contributed by atoms with Crippen LogP contribution in [0, 0.1) is 5.82 Å². The van der Waals surface area contributed by atoms with Gasteiger partial charge in [0, 0.05) is 47.8 Å². The molecule has 3 aliphatic rings. The monoisotopic (exact) mass is 443 g/mol. The number of halogens is 1. The Bertz CT molecular complexity index is 1210. The smallest absolute Gasteiger partial charge is 0.129 e. The van der Waals surface area contributed by atoms with Crippen molar-refractivity contribution in [3.05, 3.63) is 77.6 Å². The molecule has 0 aliphatic carbocycles. The largest absolute Gasteiger partial charge is 0.359 e. The van der Waals surface area contributed by atoms with Crippen molar-refractivity contribution < 1.29 is 4.39 Å². The highest BCUT2D eigenvalue weighted by atomic mass is 19.1. The Labute approximate surface area is 194 Å².